The normalized spacial score (nSPS) is 14.5. The summed E-state index contributed by atoms with van der Waals surface area (Å²) in [6.07, 6.45) is 0.736. The molecule has 112 valence electrons. The molecule has 7 heteroatoms. The highest BCUT2D eigenvalue weighted by Gasteiger charge is 2.34. The van der Waals surface area contributed by atoms with E-state index >= 15 is 0 Å². The van der Waals surface area contributed by atoms with E-state index in [4.69, 9.17) is 0 Å². The van der Waals surface area contributed by atoms with Crippen molar-refractivity contribution in [2.45, 2.75) is 24.9 Å². The third-order valence-electron chi connectivity index (χ3n) is 3.77. The predicted molar refractivity (Wildman–Crippen MR) is 80.8 cm³/mol. The number of hydrogen-bond donors (Lipinski definition) is 2. The SMILES string of the molecule is CNCc1c(S(=O)(=O)N2CCc3ccccc32)n[nH]c1C. The van der Waals surface area contributed by atoms with Gasteiger partial charge in [-0.3, -0.25) is 9.40 Å². The molecule has 2 heterocycles. The minimum atomic E-state index is -3.63. The van der Waals surface area contributed by atoms with Gasteiger partial charge in [-0.05, 0) is 32.0 Å². The molecule has 1 aromatic heterocycles. The van der Waals surface area contributed by atoms with Crippen LogP contribution in [-0.4, -0.2) is 32.2 Å². The second kappa shape index (κ2) is 5.16. The Morgan fingerprint density at radius 3 is 2.90 bits per heavy atom. The zero-order valence-corrected chi connectivity index (χ0v) is 12.9. The molecule has 6 nitrogen and oxygen atoms in total. The Morgan fingerprint density at radius 2 is 2.14 bits per heavy atom. The molecule has 1 aliphatic rings. The van der Waals surface area contributed by atoms with E-state index in [9.17, 15) is 8.42 Å². The summed E-state index contributed by atoms with van der Waals surface area (Å²) in [5.41, 5.74) is 3.29. The van der Waals surface area contributed by atoms with Crippen molar-refractivity contribution < 1.29 is 8.42 Å². The highest BCUT2D eigenvalue weighted by Crippen LogP contribution is 2.33. The van der Waals surface area contributed by atoms with Crippen molar-refractivity contribution in [2.24, 2.45) is 0 Å². The number of aromatic amines is 1. The molecule has 0 bridgehead atoms. The molecule has 0 fully saturated rings. The quantitative estimate of drug-likeness (QED) is 0.889. The van der Waals surface area contributed by atoms with Gasteiger partial charge in [-0.2, -0.15) is 13.5 Å². The fourth-order valence-electron chi connectivity index (χ4n) is 2.69. The van der Waals surface area contributed by atoms with Crippen molar-refractivity contribution in [2.75, 3.05) is 17.9 Å². The third kappa shape index (κ3) is 2.22. The van der Waals surface area contributed by atoms with E-state index in [1.165, 1.54) is 4.31 Å². The predicted octanol–water partition coefficient (Wildman–Crippen LogP) is 1.19. The minimum Gasteiger partial charge on any atom is -0.316 e. The van der Waals surface area contributed by atoms with Crippen LogP contribution in [0.25, 0.3) is 0 Å². The smallest absolute Gasteiger partial charge is 0.284 e. The van der Waals surface area contributed by atoms with Gasteiger partial charge in [-0.25, -0.2) is 0 Å². The maximum Gasteiger partial charge on any atom is 0.284 e. The monoisotopic (exact) mass is 306 g/mol. The summed E-state index contributed by atoms with van der Waals surface area (Å²) in [6, 6.07) is 7.60. The second-order valence-electron chi connectivity index (χ2n) is 5.12. The first-order valence-electron chi connectivity index (χ1n) is 6.85. The molecule has 2 aromatic rings. The van der Waals surface area contributed by atoms with Gasteiger partial charge in [0.1, 0.15) is 0 Å². The Kier molecular flexibility index (Phi) is 3.46. The minimum absolute atomic E-state index is 0.117. The van der Waals surface area contributed by atoms with E-state index < -0.39 is 10.0 Å². The summed E-state index contributed by atoms with van der Waals surface area (Å²) in [5.74, 6) is 0. The summed E-state index contributed by atoms with van der Waals surface area (Å²) in [7, 11) is -1.85. The zero-order chi connectivity index (χ0) is 15.0. The average molecular weight is 306 g/mol. The van der Waals surface area contributed by atoms with E-state index in [-0.39, 0.29) is 5.03 Å². The van der Waals surface area contributed by atoms with Crippen LogP contribution in [0.1, 0.15) is 16.8 Å². The van der Waals surface area contributed by atoms with Crippen molar-refractivity contribution in [3.8, 4) is 0 Å². The molecule has 0 saturated carbocycles. The van der Waals surface area contributed by atoms with Gasteiger partial charge in [0.15, 0.2) is 0 Å². The summed E-state index contributed by atoms with van der Waals surface area (Å²) >= 11 is 0. The van der Waals surface area contributed by atoms with Crippen LogP contribution in [0.4, 0.5) is 5.69 Å². The molecule has 2 N–H and O–H groups in total. The van der Waals surface area contributed by atoms with Gasteiger partial charge in [0.2, 0.25) is 5.03 Å². The molecule has 0 saturated heterocycles. The molecule has 0 amide bonds. The molecule has 0 radical (unpaired) electrons. The van der Waals surface area contributed by atoms with Crippen LogP contribution < -0.4 is 9.62 Å². The number of nitrogens with zero attached hydrogens (tertiary/aromatic N) is 2. The zero-order valence-electron chi connectivity index (χ0n) is 12.0. The highest BCUT2D eigenvalue weighted by atomic mass is 32.2. The Hall–Kier alpha value is -1.86. The summed E-state index contributed by atoms with van der Waals surface area (Å²) in [6.45, 7) is 2.76. The Labute approximate surface area is 124 Å². The Bertz CT molecular complexity index is 767. The van der Waals surface area contributed by atoms with E-state index in [1.54, 1.807) is 7.05 Å². The van der Waals surface area contributed by atoms with Crippen LogP contribution in [0, 0.1) is 6.92 Å². The lowest BCUT2D eigenvalue weighted by Gasteiger charge is -2.18. The number of H-pyrrole nitrogens is 1. The molecule has 3 rings (SSSR count). The molecule has 0 unspecified atom stereocenters. The number of nitrogens with one attached hydrogen (secondary N) is 2. The number of sulfonamides is 1. The highest BCUT2D eigenvalue weighted by molar-refractivity contribution is 7.92. The van der Waals surface area contributed by atoms with Crippen molar-refractivity contribution in [1.82, 2.24) is 15.5 Å². The van der Waals surface area contributed by atoms with E-state index in [0.29, 0.717) is 18.7 Å². The van der Waals surface area contributed by atoms with Crippen molar-refractivity contribution in [1.29, 1.82) is 0 Å². The largest absolute Gasteiger partial charge is 0.316 e. The first-order valence-corrected chi connectivity index (χ1v) is 8.29. The average Bonchev–Trinajstić information content (AvgIpc) is 3.04. The molecule has 1 aliphatic heterocycles. The van der Waals surface area contributed by atoms with Crippen molar-refractivity contribution in [3.05, 3.63) is 41.1 Å². The first kappa shape index (κ1) is 14.1. The van der Waals surface area contributed by atoms with Crippen LogP contribution in [0.2, 0.25) is 0 Å². The fraction of sp³-hybridized carbons (Fsp3) is 0.357. The van der Waals surface area contributed by atoms with Gasteiger partial charge in [0, 0.05) is 24.3 Å². The van der Waals surface area contributed by atoms with E-state index in [1.807, 2.05) is 31.2 Å². The molecular formula is C14H18N4O2S. The number of fused-ring (bicyclic) bond motifs is 1. The molecule has 0 atom stereocenters. The lowest BCUT2D eigenvalue weighted by Crippen LogP contribution is -2.30. The van der Waals surface area contributed by atoms with E-state index in [0.717, 1.165) is 23.4 Å². The lowest BCUT2D eigenvalue weighted by atomic mass is 10.2. The second-order valence-corrected chi connectivity index (χ2v) is 6.90. The van der Waals surface area contributed by atoms with E-state index in [2.05, 4.69) is 15.5 Å². The number of hydrogen-bond acceptors (Lipinski definition) is 4. The number of benzene rings is 1. The van der Waals surface area contributed by atoms with Gasteiger partial charge < -0.3 is 5.32 Å². The molecule has 0 aliphatic carbocycles. The number of aromatic nitrogens is 2. The van der Waals surface area contributed by atoms with Crippen molar-refractivity contribution in [3.63, 3.8) is 0 Å². The number of aryl methyl sites for hydroxylation is 1. The standard InChI is InChI=1S/C14H18N4O2S/c1-10-12(9-15-2)14(17-16-10)21(19,20)18-8-7-11-5-3-4-6-13(11)18/h3-6,15H,7-9H2,1-2H3,(H,16,17). The summed E-state index contributed by atoms with van der Waals surface area (Å²) in [5, 5.41) is 9.92. The van der Waals surface area contributed by atoms with Gasteiger partial charge in [-0.1, -0.05) is 18.2 Å². The van der Waals surface area contributed by atoms with Crippen LogP contribution in [0.15, 0.2) is 29.3 Å². The van der Waals surface area contributed by atoms with Gasteiger partial charge >= 0.3 is 0 Å². The Morgan fingerprint density at radius 1 is 1.38 bits per heavy atom. The molecule has 21 heavy (non-hydrogen) atoms. The Balaban J connectivity index is 2.07. The van der Waals surface area contributed by atoms with Gasteiger partial charge in [0.05, 0.1) is 5.69 Å². The maximum atomic E-state index is 12.9. The van der Waals surface area contributed by atoms with Crippen LogP contribution in [0.5, 0.6) is 0 Å². The molecular weight excluding hydrogens is 288 g/mol. The lowest BCUT2D eigenvalue weighted by molar-refractivity contribution is 0.586. The summed E-state index contributed by atoms with van der Waals surface area (Å²) < 4.78 is 27.3. The topological polar surface area (TPSA) is 78.1 Å². The third-order valence-corrected chi connectivity index (χ3v) is 5.55. The van der Waals surface area contributed by atoms with Crippen LogP contribution in [0.3, 0.4) is 0 Å². The maximum absolute atomic E-state index is 12.9. The first-order chi connectivity index (χ1) is 10.1. The number of anilines is 1. The van der Waals surface area contributed by atoms with Crippen molar-refractivity contribution >= 4 is 15.7 Å². The summed E-state index contributed by atoms with van der Waals surface area (Å²) in [4.78, 5) is 0. The van der Waals surface area contributed by atoms with Crippen LogP contribution >= 0.6 is 0 Å². The van der Waals surface area contributed by atoms with Crippen LogP contribution in [-0.2, 0) is 23.0 Å². The van der Waals surface area contributed by atoms with Gasteiger partial charge in [0.25, 0.3) is 10.0 Å². The van der Waals surface area contributed by atoms with Gasteiger partial charge in [-0.15, -0.1) is 0 Å². The molecule has 1 aromatic carbocycles. The molecule has 0 spiro atoms. The fourth-order valence-corrected chi connectivity index (χ4v) is 4.37. The number of rotatable bonds is 4. The number of para-hydroxylation sites is 1.